The summed E-state index contributed by atoms with van der Waals surface area (Å²) in [6.07, 6.45) is 1.57. The average Bonchev–Trinajstić information content (AvgIpc) is 2.72. The number of nitrogens with one attached hydrogen (secondary N) is 1. The Morgan fingerprint density at radius 2 is 1.37 bits per heavy atom. The lowest BCUT2D eigenvalue weighted by Crippen LogP contribution is -2.34. The van der Waals surface area contributed by atoms with E-state index in [1.165, 1.54) is 5.01 Å². The highest BCUT2D eigenvalue weighted by Gasteiger charge is 2.18. The van der Waals surface area contributed by atoms with Crippen LogP contribution < -0.4 is 5.32 Å². The van der Waals surface area contributed by atoms with Gasteiger partial charge in [0.2, 0.25) is 5.91 Å². The van der Waals surface area contributed by atoms with Crippen molar-refractivity contribution in [3.8, 4) is 0 Å². The van der Waals surface area contributed by atoms with E-state index in [-0.39, 0.29) is 18.4 Å². The molecule has 0 aliphatic heterocycles. The first-order chi connectivity index (χ1) is 13.2. The van der Waals surface area contributed by atoms with Gasteiger partial charge in [-0.2, -0.15) is 5.10 Å². The van der Waals surface area contributed by atoms with Crippen LogP contribution in [0.5, 0.6) is 0 Å². The molecule has 3 aromatic rings. The zero-order chi connectivity index (χ0) is 18.9. The third kappa shape index (κ3) is 5.37. The molecule has 0 aliphatic rings. The van der Waals surface area contributed by atoms with Crippen LogP contribution in [0.2, 0.25) is 0 Å². The summed E-state index contributed by atoms with van der Waals surface area (Å²) in [7, 11) is 0. The highest BCUT2D eigenvalue weighted by Crippen LogP contribution is 2.08. The quantitative estimate of drug-likeness (QED) is 0.539. The predicted octanol–water partition coefficient (Wildman–Crippen LogP) is 3.80. The van der Waals surface area contributed by atoms with Gasteiger partial charge >= 0.3 is 0 Å². The van der Waals surface area contributed by atoms with Crippen LogP contribution in [0, 0.1) is 0 Å². The first-order valence-corrected chi connectivity index (χ1v) is 8.53. The van der Waals surface area contributed by atoms with E-state index in [4.69, 9.17) is 0 Å². The number of hydrogen-bond acceptors (Lipinski definition) is 3. The van der Waals surface area contributed by atoms with Gasteiger partial charge in [-0.3, -0.25) is 9.59 Å². The molecule has 0 saturated carbocycles. The van der Waals surface area contributed by atoms with Crippen molar-refractivity contribution < 1.29 is 9.59 Å². The monoisotopic (exact) mass is 357 g/mol. The highest BCUT2D eigenvalue weighted by molar-refractivity contribution is 5.99. The lowest BCUT2D eigenvalue weighted by Gasteiger charge is -2.17. The van der Waals surface area contributed by atoms with E-state index in [1.54, 1.807) is 42.6 Å². The molecule has 0 aromatic heterocycles. The molecule has 0 bridgehead atoms. The Morgan fingerprint density at radius 1 is 0.815 bits per heavy atom. The second kappa shape index (κ2) is 9.10. The van der Waals surface area contributed by atoms with Crippen LogP contribution in [0.4, 0.5) is 5.69 Å². The number of benzene rings is 3. The van der Waals surface area contributed by atoms with E-state index < -0.39 is 0 Å². The van der Waals surface area contributed by atoms with Crippen LogP contribution >= 0.6 is 0 Å². The van der Waals surface area contributed by atoms with Crippen LogP contribution in [0.1, 0.15) is 15.9 Å². The summed E-state index contributed by atoms with van der Waals surface area (Å²) in [5, 5.41) is 8.19. The normalized spacial score (nSPS) is 10.5. The van der Waals surface area contributed by atoms with Crippen molar-refractivity contribution >= 4 is 23.7 Å². The second-order valence-electron chi connectivity index (χ2n) is 5.80. The van der Waals surface area contributed by atoms with Crippen molar-refractivity contribution in [3.63, 3.8) is 0 Å². The molecule has 27 heavy (non-hydrogen) atoms. The molecule has 3 aromatic carbocycles. The molecular formula is C22H19N3O2. The minimum Gasteiger partial charge on any atom is -0.324 e. The number of carbonyl (C=O) groups excluding carboxylic acids is 2. The zero-order valence-electron chi connectivity index (χ0n) is 14.7. The largest absolute Gasteiger partial charge is 0.324 e. The number of carbonyl (C=O) groups is 2. The number of hydrogen-bond donors (Lipinski definition) is 1. The van der Waals surface area contributed by atoms with Crippen LogP contribution in [0.15, 0.2) is 96.1 Å². The van der Waals surface area contributed by atoms with Crippen molar-refractivity contribution in [1.29, 1.82) is 0 Å². The smallest absolute Gasteiger partial charge is 0.274 e. The molecule has 0 radical (unpaired) electrons. The lowest BCUT2D eigenvalue weighted by molar-refractivity contribution is -0.116. The zero-order valence-corrected chi connectivity index (χ0v) is 14.7. The van der Waals surface area contributed by atoms with E-state index in [2.05, 4.69) is 10.4 Å². The highest BCUT2D eigenvalue weighted by atomic mass is 16.2. The molecule has 0 fully saturated rings. The summed E-state index contributed by atoms with van der Waals surface area (Å²) < 4.78 is 0. The molecule has 0 aliphatic carbocycles. The Kier molecular flexibility index (Phi) is 6.09. The minimum absolute atomic E-state index is 0.189. The Balaban J connectivity index is 1.77. The number of rotatable bonds is 6. The topological polar surface area (TPSA) is 61.8 Å². The summed E-state index contributed by atoms with van der Waals surface area (Å²) in [5.41, 5.74) is 1.98. The van der Waals surface area contributed by atoms with E-state index in [9.17, 15) is 9.59 Å². The summed E-state index contributed by atoms with van der Waals surface area (Å²) in [6.45, 7) is -0.189. The first-order valence-electron chi connectivity index (χ1n) is 8.53. The third-order valence-corrected chi connectivity index (χ3v) is 3.75. The lowest BCUT2D eigenvalue weighted by atomic mass is 10.2. The number of nitrogens with zero attached hydrogens (tertiary/aromatic N) is 2. The molecule has 0 unspecified atom stereocenters. The fourth-order valence-corrected chi connectivity index (χ4v) is 2.43. The molecule has 5 heteroatoms. The first kappa shape index (κ1) is 18.1. The molecule has 0 atom stereocenters. The Labute approximate surface area is 158 Å². The minimum atomic E-state index is -0.342. The van der Waals surface area contributed by atoms with E-state index in [0.29, 0.717) is 11.3 Å². The molecule has 1 N–H and O–H groups in total. The Morgan fingerprint density at radius 3 is 2.00 bits per heavy atom. The van der Waals surface area contributed by atoms with E-state index in [0.717, 1.165) is 5.56 Å². The SMILES string of the molecule is O=C(CN(N=Cc1ccccc1)C(=O)c1ccccc1)Nc1ccccc1. The van der Waals surface area contributed by atoms with Crippen molar-refractivity contribution in [3.05, 3.63) is 102 Å². The molecule has 3 rings (SSSR count). The van der Waals surface area contributed by atoms with Crippen molar-refractivity contribution in [2.75, 3.05) is 11.9 Å². The maximum Gasteiger partial charge on any atom is 0.274 e. The number of anilines is 1. The van der Waals surface area contributed by atoms with Gasteiger partial charge in [0, 0.05) is 11.3 Å². The summed E-state index contributed by atoms with van der Waals surface area (Å²) in [6, 6.07) is 27.3. The number of hydrazone groups is 1. The van der Waals surface area contributed by atoms with Gasteiger partial charge in [0.05, 0.1) is 6.21 Å². The fraction of sp³-hybridized carbons (Fsp3) is 0.0455. The average molecular weight is 357 g/mol. The maximum atomic E-state index is 12.8. The Hall–Kier alpha value is -3.73. The molecule has 2 amide bonds. The van der Waals surface area contributed by atoms with Crippen molar-refractivity contribution in [2.24, 2.45) is 5.10 Å². The van der Waals surface area contributed by atoms with Gasteiger partial charge in [-0.1, -0.05) is 66.7 Å². The van der Waals surface area contributed by atoms with Gasteiger partial charge in [0.25, 0.3) is 5.91 Å². The van der Waals surface area contributed by atoms with Crippen LogP contribution in [-0.2, 0) is 4.79 Å². The van der Waals surface area contributed by atoms with E-state index in [1.807, 2.05) is 54.6 Å². The molecule has 134 valence electrons. The van der Waals surface area contributed by atoms with Crippen molar-refractivity contribution in [1.82, 2.24) is 5.01 Å². The summed E-state index contributed by atoms with van der Waals surface area (Å²) in [4.78, 5) is 25.2. The van der Waals surface area contributed by atoms with Gasteiger partial charge in [-0.15, -0.1) is 0 Å². The number of para-hydroxylation sites is 1. The second-order valence-corrected chi connectivity index (χ2v) is 5.80. The van der Waals surface area contributed by atoms with Crippen molar-refractivity contribution in [2.45, 2.75) is 0 Å². The number of amides is 2. The molecular weight excluding hydrogens is 338 g/mol. The van der Waals surface area contributed by atoms with Gasteiger partial charge in [-0.05, 0) is 29.8 Å². The molecule has 0 saturated heterocycles. The summed E-state index contributed by atoms with van der Waals surface area (Å²) >= 11 is 0. The van der Waals surface area contributed by atoms with Crippen LogP contribution in [0.3, 0.4) is 0 Å². The van der Waals surface area contributed by atoms with Gasteiger partial charge in [0.15, 0.2) is 0 Å². The molecule has 0 spiro atoms. The molecule has 0 heterocycles. The predicted molar refractivity (Wildman–Crippen MR) is 107 cm³/mol. The van der Waals surface area contributed by atoms with Crippen LogP contribution in [-0.4, -0.2) is 29.6 Å². The Bertz CT molecular complexity index is 910. The van der Waals surface area contributed by atoms with Crippen LogP contribution in [0.25, 0.3) is 0 Å². The molecule has 5 nitrogen and oxygen atoms in total. The van der Waals surface area contributed by atoms with Gasteiger partial charge < -0.3 is 5.32 Å². The summed E-state index contributed by atoms with van der Waals surface area (Å²) in [5.74, 6) is -0.665. The third-order valence-electron chi connectivity index (χ3n) is 3.75. The standard InChI is InChI=1S/C22H19N3O2/c26-21(24-20-14-8-3-9-15-20)17-25(22(27)19-12-6-2-7-13-19)23-16-18-10-4-1-5-11-18/h1-16H,17H2,(H,24,26). The van der Waals surface area contributed by atoms with E-state index >= 15 is 0 Å². The fourth-order valence-electron chi connectivity index (χ4n) is 2.43. The van der Waals surface area contributed by atoms with Gasteiger partial charge in [-0.25, -0.2) is 5.01 Å². The maximum absolute atomic E-state index is 12.8. The van der Waals surface area contributed by atoms with Gasteiger partial charge in [0.1, 0.15) is 6.54 Å².